The summed E-state index contributed by atoms with van der Waals surface area (Å²) < 4.78 is 5.35. The number of halogens is 1. The highest BCUT2D eigenvalue weighted by Gasteiger charge is 2.17. The van der Waals surface area contributed by atoms with Crippen molar-refractivity contribution < 1.29 is 9.66 Å². The molecule has 20 heavy (non-hydrogen) atoms. The van der Waals surface area contributed by atoms with Gasteiger partial charge in [-0.05, 0) is 18.2 Å². The van der Waals surface area contributed by atoms with Crippen molar-refractivity contribution in [3.63, 3.8) is 0 Å². The Kier molecular flexibility index (Phi) is 3.81. The Hall–Kier alpha value is -2.67. The largest absolute Gasteiger partial charge is 0.432 e. The maximum atomic E-state index is 10.9. The molecule has 0 saturated carbocycles. The second-order valence-electron chi connectivity index (χ2n) is 3.77. The molecule has 0 fully saturated rings. The standard InChI is InChI=1S/C12H9ClN4O3/c13-8-1-2-10(9(6-8)17(18)19)20-11-5-7(12(14)15)3-4-16-11/h1-6H,(H3,14,15). The van der Waals surface area contributed by atoms with Crippen LogP contribution in [0.4, 0.5) is 5.69 Å². The first-order chi connectivity index (χ1) is 9.47. The second kappa shape index (κ2) is 5.54. The SMILES string of the molecule is N=C(N)c1ccnc(Oc2ccc(Cl)cc2[N+](=O)[O-])c1. The van der Waals surface area contributed by atoms with Crippen LogP contribution in [0.5, 0.6) is 11.6 Å². The molecule has 3 N–H and O–H groups in total. The normalized spacial score (nSPS) is 10.1. The number of rotatable bonds is 4. The Balaban J connectivity index is 2.37. The number of nitrogens with two attached hydrogens (primary N) is 1. The third-order valence-corrected chi connectivity index (χ3v) is 2.61. The molecule has 8 heteroatoms. The lowest BCUT2D eigenvalue weighted by atomic mass is 10.2. The van der Waals surface area contributed by atoms with Gasteiger partial charge in [-0.2, -0.15) is 0 Å². The molecule has 0 amide bonds. The number of ether oxygens (including phenoxy) is 1. The second-order valence-corrected chi connectivity index (χ2v) is 4.20. The summed E-state index contributed by atoms with van der Waals surface area (Å²) in [5.74, 6) is -0.0430. The van der Waals surface area contributed by atoms with E-state index in [1.807, 2.05) is 0 Å². The highest BCUT2D eigenvalue weighted by molar-refractivity contribution is 6.30. The monoisotopic (exact) mass is 292 g/mol. The lowest BCUT2D eigenvalue weighted by Crippen LogP contribution is -2.11. The van der Waals surface area contributed by atoms with Crippen LogP contribution in [0.2, 0.25) is 5.02 Å². The van der Waals surface area contributed by atoms with Gasteiger partial charge in [0.2, 0.25) is 11.6 Å². The van der Waals surface area contributed by atoms with E-state index in [1.165, 1.54) is 36.5 Å². The van der Waals surface area contributed by atoms with E-state index in [0.29, 0.717) is 5.56 Å². The molecular formula is C12H9ClN4O3. The van der Waals surface area contributed by atoms with Gasteiger partial charge in [-0.15, -0.1) is 0 Å². The zero-order chi connectivity index (χ0) is 14.7. The predicted octanol–water partition coefficient (Wildman–Crippen LogP) is 2.72. The maximum Gasteiger partial charge on any atom is 0.313 e. The zero-order valence-corrected chi connectivity index (χ0v) is 10.8. The lowest BCUT2D eigenvalue weighted by molar-refractivity contribution is -0.385. The number of hydrogen-bond acceptors (Lipinski definition) is 5. The van der Waals surface area contributed by atoms with Crippen LogP contribution in [-0.2, 0) is 0 Å². The van der Waals surface area contributed by atoms with Crippen molar-refractivity contribution >= 4 is 23.1 Å². The molecule has 0 bridgehead atoms. The van der Waals surface area contributed by atoms with Crippen LogP contribution in [0, 0.1) is 15.5 Å². The number of nitrogens with one attached hydrogen (secondary N) is 1. The van der Waals surface area contributed by atoms with Gasteiger partial charge >= 0.3 is 5.69 Å². The van der Waals surface area contributed by atoms with E-state index in [-0.39, 0.29) is 28.2 Å². The van der Waals surface area contributed by atoms with E-state index in [9.17, 15) is 10.1 Å². The lowest BCUT2D eigenvalue weighted by Gasteiger charge is -2.06. The molecule has 1 aromatic heterocycles. The molecule has 1 aromatic carbocycles. The van der Waals surface area contributed by atoms with E-state index >= 15 is 0 Å². The molecule has 0 aliphatic carbocycles. The third kappa shape index (κ3) is 3.01. The van der Waals surface area contributed by atoms with Gasteiger partial charge in [0.25, 0.3) is 0 Å². The van der Waals surface area contributed by atoms with E-state index in [0.717, 1.165) is 0 Å². The minimum absolute atomic E-state index is 0.00704. The summed E-state index contributed by atoms with van der Waals surface area (Å²) in [6.07, 6.45) is 1.40. The number of amidine groups is 1. The molecule has 2 aromatic rings. The minimum Gasteiger partial charge on any atom is -0.432 e. The third-order valence-electron chi connectivity index (χ3n) is 2.38. The Bertz CT molecular complexity index is 690. The smallest absolute Gasteiger partial charge is 0.313 e. The number of nitrogen functional groups attached to an aromatic ring is 1. The molecule has 0 aliphatic heterocycles. The van der Waals surface area contributed by atoms with Crippen LogP contribution < -0.4 is 10.5 Å². The summed E-state index contributed by atoms with van der Waals surface area (Å²) in [5, 5.41) is 18.5. The fourth-order valence-corrected chi connectivity index (χ4v) is 1.63. The fourth-order valence-electron chi connectivity index (χ4n) is 1.46. The number of nitro groups is 1. The molecule has 0 aliphatic rings. The van der Waals surface area contributed by atoms with Gasteiger partial charge in [0, 0.05) is 28.9 Å². The van der Waals surface area contributed by atoms with Gasteiger partial charge in [-0.25, -0.2) is 4.98 Å². The van der Waals surface area contributed by atoms with Gasteiger partial charge < -0.3 is 10.5 Å². The molecule has 0 radical (unpaired) electrons. The molecule has 0 saturated heterocycles. The maximum absolute atomic E-state index is 10.9. The predicted molar refractivity (Wildman–Crippen MR) is 73.4 cm³/mol. The Morgan fingerprint density at radius 3 is 2.80 bits per heavy atom. The molecular weight excluding hydrogens is 284 g/mol. The highest BCUT2D eigenvalue weighted by Crippen LogP contribution is 2.32. The first-order valence-electron chi connectivity index (χ1n) is 5.39. The average Bonchev–Trinajstić information content (AvgIpc) is 2.41. The van der Waals surface area contributed by atoms with Crippen molar-refractivity contribution in [2.75, 3.05) is 0 Å². The van der Waals surface area contributed by atoms with Crippen LogP contribution in [0.3, 0.4) is 0 Å². The summed E-state index contributed by atoms with van der Waals surface area (Å²) >= 11 is 5.71. The topological polar surface area (TPSA) is 115 Å². The number of nitrogens with zero attached hydrogens (tertiary/aromatic N) is 2. The van der Waals surface area contributed by atoms with Crippen molar-refractivity contribution in [3.8, 4) is 11.6 Å². The van der Waals surface area contributed by atoms with Gasteiger partial charge in [-0.3, -0.25) is 15.5 Å². The van der Waals surface area contributed by atoms with Crippen molar-refractivity contribution in [2.45, 2.75) is 0 Å². The van der Waals surface area contributed by atoms with Gasteiger partial charge in [0.05, 0.1) is 4.92 Å². The Labute approximate surface area is 118 Å². The van der Waals surface area contributed by atoms with Crippen LogP contribution in [0.15, 0.2) is 36.5 Å². The van der Waals surface area contributed by atoms with Crippen LogP contribution in [0.25, 0.3) is 0 Å². The average molecular weight is 293 g/mol. The first kappa shape index (κ1) is 13.8. The number of aromatic nitrogens is 1. The van der Waals surface area contributed by atoms with Crippen molar-refractivity contribution in [1.29, 1.82) is 5.41 Å². The van der Waals surface area contributed by atoms with Crippen LogP contribution in [0.1, 0.15) is 5.56 Å². The van der Waals surface area contributed by atoms with Crippen molar-refractivity contribution in [3.05, 3.63) is 57.2 Å². The Morgan fingerprint density at radius 2 is 2.15 bits per heavy atom. The zero-order valence-electron chi connectivity index (χ0n) is 10.0. The summed E-state index contributed by atoms with van der Waals surface area (Å²) in [4.78, 5) is 14.2. The number of benzene rings is 1. The first-order valence-corrected chi connectivity index (χ1v) is 5.77. The number of pyridine rings is 1. The van der Waals surface area contributed by atoms with Gasteiger partial charge in [0.15, 0.2) is 0 Å². The quantitative estimate of drug-likeness (QED) is 0.389. The van der Waals surface area contributed by atoms with E-state index in [1.54, 1.807) is 0 Å². The molecule has 0 unspecified atom stereocenters. The van der Waals surface area contributed by atoms with Crippen molar-refractivity contribution in [1.82, 2.24) is 4.98 Å². The summed E-state index contributed by atoms with van der Waals surface area (Å²) in [6, 6.07) is 6.99. The van der Waals surface area contributed by atoms with Gasteiger partial charge in [0.1, 0.15) is 5.84 Å². The number of hydrogen-bond donors (Lipinski definition) is 2. The van der Waals surface area contributed by atoms with E-state index < -0.39 is 4.92 Å². The summed E-state index contributed by atoms with van der Waals surface area (Å²) in [6.45, 7) is 0. The summed E-state index contributed by atoms with van der Waals surface area (Å²) in [5.41, 5.74) is 5.49. The molecule has 7 nitrogen and oxygen atoms in total. The van der Waals surface area contributed by atoms with Gasteiger partial charge in [-0.1, -0.05) is 11.6 Å². The molecule has 2 rings (SSSR count). The highest BCUT2D eigenvalue weighted by atomic mass is 35.5. The van der Waals surface area contributed by atoms with E-state index in [2.05, 4.69) is 4.98 Å². The molecule has 102 valence electrons. The van der Waals surface area contributed by atoms with Crippen molar-refractivity contribution in [2.24, 2.45) is 5.73 Å². The molecule has 1 heterocycles. The molecule has 0 spiro atoms. The molecule has 0 atom stereocenters. The fraction of sp³-hybridized carbons (Fsp3) is 0. The minimum atomic E-state index is -0.601. The van der Waals surface area contributed by atoms with Crippen LogP contribution >= 0.6 is 11.6 Å². The summed E-state index contributed by atoms with van der Waals surface area (Å²) in [7, 11) is 0. The van der Waals surface area contributed by atoms with Crippen LogP contribution in [-0.4, -0.2) is 15.7 Å². The Morgan fingerprint density at radius 1 is 1.40 bits per heavy atom. The van der Waals surface area contributed by atoms with E-state index in [4.69, 9.17) is 27.5 Å². The number of nitro benzene ring substituents is 1.